The molecule has 0 radical (unpaired) electrons. The van der Waals surface area contributed by atoms with Gasteiger partial charge in [-0.3, -0.25) is 9.69 Å². The van der Waals surface area contributed by atoms with Crippen LogP contribution in [-0.4, -0.2) is 50.1 Å². The van der Waals surface area contributed by atoms with Crippen molar-refractivity contribution in [2.45, 2.75) is 4.90 Å². The number of carbonyl (C=O) groups excluding carboxylic acids is 1. The molecular weight excluding hydrogens is 465 g/mol. The lowest BCUT2D eigenvalue weighted by molar-refractivity contribution is -0.117. The van der Waals surface area contributed by atoms with Crippen LogP contribution in [0.3, 0.4) is 0 Å². The van der Waals surface area contributed by atoms with Gasteiger partial charge in [-0.1, -0.05) is 23.2 Å². The molecule has 10 heteroatoms. The second kappa shape index (κ2) is 9.14. The number of benzene rings is 1. The molecule has 0 bridgehead atoms. The Kier molecular flexibility index (Phi) is 7.42. The number of anilines is 1. The molecule has 1 amide bonds. The molecular formula is C16H16BrCl2N3O3S. The van der Waals surface area contributed by atoms with Crippen LogP contribution in [0.25, 0.3) is 0 Å². The maximum Gasteiger partial charge on any atom is 0.239 e. The Morgan fingerprint density at radius 2 is 2.00 bits per heavy atom. The largest absolute Gasteiger partial charge is 0.310 e. The number of sulfone groups is 1. The predicted octanol–water partition coefficient (Wildman–Crippen LogP) is 3.50. The molecule has 0 spiro atoms. The van der Waals surface area contributed by atoms with Crippen LogP contribution in [0.15, 0.2) is 45.9 Å². The van der Waals surface area contributed by atoms with E-state index in [2.05, 4.69) is 26.2 Å². The van der Waals surface area contributed by atoms with Crippen molar-refractivity contribution in [1.82, 2.24) is 9.88 Å². The lowest BCUT2D eigenvalue weighted by Crippen LogP contribution is -2.33. The third kappa shape index (κ3) is 6.21. The number of aromatic nitrogens is 1. The maximum absolute atomic E-state index is 12.4. The Morgan fingerprint density at radius 3 is 2.65 bits per heavy atom. The van der Waals surface area contributed by atoms with E-state index in [-0.39, 0.29) is 34.7 Å². The minimum Gasteiger partial charge on any atom is -0.310 e. The zero-order valence-electron chi connectivity index (χ0n) is 13.7. The molecule has 1 aromatic carbocycles. The van der Waals surface area contributed by atoms with E-state index >= 15 is 0 Å². The van der Waals surface area contributed by atoms with Gasteiger partial charge >= 0.3 is 0 Å². The van der Waals surface area contributed by atoms with E-state index in [1.165, 1.54) is 18.2 Å². The van der Waals surface area contributed by atoms with E-state index in [0.717, 1.165) is 4.47 Å². The van der Waals surface area contributed by atoms with Crippen LogP contribution in [0.4, 0.5) is 5.82 Å². The number of amides is 1. The van der Waals surface area contributed by atoms with E-state index in [0.29, 0.717) is 10.8 Å². The summed E-state index contributed by atoms with van der Waals surface area (Å²) >= 11 is 15.1. The highest BCUT2D eigenvalue weighted by Crippen LogP contribution is 2.25. The van der Waals surface area contributed by atoms with E-state index in [1.54, 1.807) is 30.3 Å². The number of hydrogen-bond acceptors (Lipinski definition) is 5. The molecule has 140 valence electrons. The predicted molar refractivity (Wildman–Crippen MR) is 107 cm³/mol. The third-order valence-electron chi connectivity index (χ3n) is 3.38. The Labute approximate surface area is 170 Å². The molecule has 1 N–H and O–H groups in total. The first kappa shape index (κ1) is 21.1. The summed E-state index contributed by atoms with van der Waals surface area (Å²) in [5, 5.41) is 3.06. The first-order valence-electron chi connectivity index (χ1n) is 7.45. The van der Waals surface area contributed by atoms with Crippen LogP contribution >= 0.6 is 39.1 Å². The summed E-state index contributed by atoms with van der Waals surface area (Å²) < 4.78 is 25.7. The summed E-state index contributed by atoms with van der Waals surface area (Å²) in [6.07, 6.45) is 1.57. The lowest BCUT2D eigenvalue weighted by atomic mass is 10.4. The highest BCUT2D eigenvalue weighted by atomic mass is 79.9. The summed E-state index contributed by atoms with van der Waals surface area (Å²) in [6, 6.07) is 7.71. The van der Waals surface area contributed by atoms with Crippen molar-refractivity contribution in [2.75, 3.05) is 31.2 Å². The minimum absolute atomic E-state index is 0.0106. The van der Waals surface area contributed by atoms with Crippen LogP contribution < -0.4 is 5.32 Å². The van der Waals surface area contributed by atoms with Crippen molar-refractivity contribution in [2.24, 2.45) is 0 Å². The van der Waals surface area contributed by atoms with E-state index in [9.17, 15) is 13.2 Å². The number of carbonyl (C=O) groups is 1. The number of halogens is 3. The molecule has 0 aliphatic rings. The van der Waals surface area contributed by atoms with Crippen LogP contribution in [0.5, 0.6) is 0 Å². The molecule has 0 fully saturated rings. The minimum atomic E-state index is -3.62. The van der Waals surface area contributed by atoms with Crippen molar-refractivity contribution < 1.29 is 13.2 Å². The number of nitrogens with one attached hydrogen (secondary N) is 1. The Balaban J connectivity index is 1.91. The second-order valence-electron chi connectivity index (χ2n) is 5.54. The zero-order chi connectivity index (χ0) is 19.3. The highest BCUT2D eigenvalue weighted by molar-refractivity contribution is 9.10. The van der Waals surface area contributed by atoms with Crippen LogP contribution in [0.1, 0.15) is 0 Å². The van der Waals surface area contributed by atoms with Gasteiger partial charge in [0.2, 0.25) is 5.91 Å². The average Bonchev–Trinajstić information content (AvgIpc) is 2.57. The molecule has 1 heterocycles. The smallest absolute Gasteiger partial charge is 0.239 e. The fraction of sp³-hybridized carbons (Fsp3) is 0.250. The third-order valence-corrected chi connectivity index (χ3v) is 6.25. The Bertz CT molecular complexity index is 892. The Hall–Kier alpha value is -1.19. The maximum atomic E-state index is 12.4. The summed E-state index contributed by atoms with van der Waals surface area (Å²) in [6.45, 7) is 0.183. The molecule has 0 unspecified atom stereocenters. The summed E-state index contributed by atoms with van der Waals surface area (Å²) in [7, 11) is -1.96. The van der Waals surface area contributed by atoms with Crippen LogP contribution in [0, 0.1) is 0 Å². The van der Waals surface area contributed by atoms with Gasteiger partial charge < -0.3 is 5.32 Å². The first-order valence-corrected chi connectivity index (χ1v) is 10.7. The van der Waals surface area contributed by atoms with Gasteiger partial charge in [-0.05, 0) is 53.3 Å². The Morgan fingerprint density at radius 1 is 1.27 bits per heavy atom. The van der Waals surface area contributed by atoms with Crippen molar-refractivity contribution in [3.05, 3.63) is 51.0 Å². The molecule has 0 atom stereocenters. The molecule has 6 nitrogen and oxygen atoms in total. The topological polar surface area (TPSA) is 79.4 Å². The van der Waals surface area contributed by atoms with Crippen molar-refractivity contribution >= 4 is 60.7 Å². The van der Waals surface area contributed by atoms with E-state index in [4.69, 9.17) is 23.2 Å². The van der Waals surface area contributed by atoms with Gasteiger partial charge in [-0.25, -0.2) is 13.4 Å². The highest BCUT2D eigenvalue weighted by Gasteiger charge is 2.20. The quantitative estimate of drug-likeness (QED) is 0.656. The average molecular weight is 481 g/mol. The first-order chi connectivity index (χ1) is 12.2. The van der Waals surface area contributed by atoms with Crippen molar-refractivity contribution in [3.8, 4) is 0 Å². The molecule has 0 saturated heterocycles. The molecule has 1 aromatic heterocycles. The molecule has 0 aliphatic carbocycles. The van der Waals surface area contributed by atoms with Gasteiger partial charge in [0.1, 0.15) is 5.82 Å². The van der Waals surface area contributed by atoms with E-state index in [1.807, 2.05) is 0 Å². The molecule has 2 aromatic rings. The van der Waals surface area contributed by atoms with Crippen LogP contribution in [-0.2, 0) is 14.6 Å². The van der Waals surface area contributed by atoms with Crippen molar-refractivity contribution in [1.29, 1.82) is 0 Å². The van der Waals surface area contributed by atoms with Gasteiger partial charge in [-0.15, -0.1) is 0 Å². The normalized spacial score (nSPS) is 11.6. The fourth-order valence-electron chi connectivity index (χ4n) is 2.06. The second-order valence-corrected chi connectivity index (χ2v) is 9.38. The standard InChI is InChI=1S/C16H16BrCl2N3O3S/c1-22(10-16(23)21-15-5-2-11(17)9-20-15)6-7-26(24,25)14-8-12(18)3-4-13(14)19/h2-5,8-9H,6-7,10H2,1H3,(H,20,21,23). The number of likely N-dealkylation sites (N-methyl/N-ethyl adjacent to an activating group) is 1. The SMILES string of the molecule is CN(CCS(=O)(=O)c1cc(Cl)ccc1Cl)CC(=O)Nc1ccc(Br)cn1. The van der Waals surface area contributed by atoms with E-state index < -0.39 is 9.84 Å². The lowest BCUT2D eigenvalue weighted by Gasteiger charge is -2.16. The van der Waals surface area contributed by atoms with Crippen molar-refractivity contribution in [3.63, 3.8) is 0 Å². The number of hydrogen-bond donors (Lipinski definition) is 1. The summed E-state index contributed by atoms with van der Waals surface area (Å²) in [5.41, 5.74) is 0. The van der Waals surface area contributed by atoms with Gasteiger partial charge in [0.05, 0.1) is 22.2 Å². The number of pyridine rings is 1. The van der Waals surface area contributed by atoms with Gasteiger partial charge in [0.25, 0.3) is 0 Å². The molecule has 0 aliphatic heterocycles. The molecule has 0 saturated carbocycles. The monoisotopic (exact) mass is 479 g/mol. The van der Waals surface area contributed by atoms with Crippen LogP contribution in [0.2, 0.25) is 10.0 Å². The van der Waals surface area contributed by atoms with Gasteiger partial charge in [0.15, 0.2) is 9.84 Å². The molecule has 2 rings (SSSR count). The zero-order valence-corrected chi connectivity index (χ0v) is 17.7. The summed E-state index contributed by atoms with van der Waals surface area (Å²) in [4.78, 5) is 17.6. The number of nitrogens with zero attached hydrogens (tertiary/aromatic N) is 2. The number of rotatable bonds is 7. The van der Waals surface area contributed by atoms with Gasteiger partial charge in [0, 0.05) is 22.2 Å². The molecule has 26 heavy (non-hydrogen) atoms. The fourth-order valence-corrected chi connectivity index (χ4v) is 4.44. The van der Waals surface area contributed by atoms with Gasteiger partial charge in [-0.2, -0.15) is 0 Å². The summed E-state index contributed by atoms with van der Waals surface area (Å²) in [5.74, 6) is -0.0571.